The van der Waals surface area contributed by atoms with E-state index in [1.165, 1.54) is 5.69 Å². The maximum atomic E-state index is 12.4. The number of carbonyl (C=O) groups excluding carboxylic acids is 2. The molecule has 7 heteroatoms. The van der Waals surface area contributed by atoms with Gasteiger partial charge >= 0.3 is 5.91 Å². The molecule has 1 aliphatic heterocycles. The maximum Gasteiger partial charge on any atom is 0.305 e. The number of carbonyl (C=O) groups is 2. The lowest BCUT2D eigenvalue weighted by Gasteiger charge is -2.36. The van der Waals surface area contributed by atoms with E-state index < -0.39 is 5.91 Å². The minimum absolute atomic E-state index is 0.204. The number of furan rings is 1. The van der Waals surface area contributed by atoms with E-state index in [4.69, 9.17) is 4.42 Å². The van der Waals surface area contributed by atoms with Gasteiger partial charge in [0.1, 0.15) is 5.58 Å². The fourth-order valence-electron chi connectivity index (χ4n) is 3.97. The molecule has 0 aliphatic carbocycles. The quantitative estimate of drug-likeness (QED) is 0.599. The molecule has 162 valence electrons. The number of benzene rings is 2. The fourth-order valence-corrected chi connectivity index (χ4v) is 3.97. The second kappa shape index (κ2) is 9.66. The average molecular weight is 421 g/mol. The van der Waals surface area contributed by atoms with Gasteiger partial charge in [-0.1, -0.05) is 36.4 Å². The first kappa shape index (κ1) is 20.9. The lowest BCUT2D eigenvalue weighted by atomic mass is 10.1. The molecule has 0 radical (unpaired) electrons. The van der Waals surface area contributed by atoms with Crippen molar-refractivity contribution < 1.29 is 14.0 Å². The standard InChI is InChI=1S/C24H28N4O3/c1-18-20-10-5-6-11-21(20)31-23(18)24(30)26-25-22(29)12-7-13-27-14-16-28(17-15-27)19-8-3-2-4-9-19/h2-6,8-11H,7,12-17H2,1H3,(H,25,29)(H,26,30). The molecule has 0 saturated carbocycles. The summed E-state index contributed by atoms with van der Waals surface area (Å²) < 4.78 is 5.62. The molecule has 0 unspecified atom stereocenters. The van der Waals surface area contributed by atoms with E-state index in [1.54, 1.807) is 0 Å². The molecule has 0 atom stereocenters. The van der Waals surface area contributed by atoms with Crippen molar-refractivity contribution in [1.29, 1.82) is 0 Å². The van der Waals surface area contributed by atoms with Crippen LogP contribution in [0.2, 0.25) is 0 Å². The lowest BCUT2D eigenvalue weighted by molar-refractivity contribution is -0.122. The molecule has 31 heavy (non-hydrogen) atoms. The van der Waals surface area contributed by atoms with Crippen molar-refractivity contribution in [2.45, 2.75) is 19.8 Å². The van der Waals surface area contributed by atoms with Gasteiger partial charge in [-0.25, -0.2) is 0 Å². The summed E-state index contributed by atoms with van der Waals surface area (Å²) >= 11 is 0. The van der Waals surface area contributed by atoms with E-state index >= 15 is 0 Å². The Labute approximate surface area is 182 Å². The smallest absolute Gasteiger partial charge is 0.305 e. The van der Waals surface area contributed by atoms with Crippen molar-refractivity contribution in [3.05, 3.63) is 65.9 Å². The minimum Gasteiger partial charge on any atom is -0.451 e. The number of rotatable bonds is 6. The van der Waals surface area contributed by atoms with Crippen LogP contribution in [-0.4, -0.2) is 49.4 Å². The van der Waals surface area contributed by atoms with Crippen LogP contribution in [-0.2, 0) is 4.79 Å². The van der Waals surface area contributed by atoms with Crippen LogP contribution in [0.25, 0.3) is 11.0 Å². The Balaban J connectivity index is 1.16. The van der Waals surface area contributed by atoms with Gasteiger partial charge in [-0.2, -0.15) is 0 Å². The Kier molecular flexibility index (Phi) is 6.52. The maximum absolute atomic E-state index is 12.4. The van der Waals surface area contributed by atoms with Crippen LogP contribution >= 0.6 is 0 Å². The van der Waals surface area contributed by atoms with E-state index in [-0.39, 0.29) is 11.7 Å². The molecule has 1 fully saturated rings. The zero-order valence-electron chi connectivity index (χ0n) is 17.8. The Morgan fingerprint density at radius 1 is 0.935 bits per heavy atom. The van der Waals surface area contributed by atoms with Crippen LogP contribution in [0, 0.1) is 6.92 Å². The number of anilines is 1. The predicted octanol–water partition coefficient (Wildman–Crippen LogP) is 3.10. The summed E-state index contributed by atoms with van der Waals surface area (Å²) in [5.41, 5.74) is 7.63. The molecular formula is C24H28N4O3. The molecule has 7 nitrogen and oxygen atoms in total. The first-order chi connectivity index (χ1) is 15.1. The molecule has 4 rings (SSSR count). The number of hydrazine groups is 1. The van der Waals surface area contributed by atoms with Gasteiger partial charge in [-0.3, -0.25) is 25.3 Å². The Bertz CT molecular complexity index is 1040. The highest BCUT2D eigenvalue weighted by molar-refractivity contribution is 5.99. The molecule has 3 aromatic rings. The van der Waals surface area contributed by atoms with Gasteiger partial charge in [0.2, 0.25) is 5.91 Å². The van der Waals surface area contributed by atoms with Crippen molar-refractivity contribution in [3.63, 3.8) is 0 Å². The van der Waals surface area contributed by atoms with Gasteiger partial charge in [-0.15, -0.1) is 0 Å². The van der Waals surface area contributed by atoms with Crippen LogP contribution in [0.4, 0.5) is 5.69 Å². The van der Waals surface area contributed by atoms with Gasteiger partial charge in [0.05, 0.1) is 0 Å². The number of hydrogen-bond acceptors (Lipinski definition) is 5. The highest BCUT2D eigenvalue weighted by atomic mass is 16.3. The SMILES string of the molecule is Cc1c(C(=O)NNC(=O)CCCN2CCN(c3ccccc3)CC2)oc2ccccc12. The summed E-state index contributed by atoms with van der Waals surface area (Å²) in [4.78, 5) is 29.3. The lowest BCUT2D eigenvalue weighted by Crippen LogP contribution is -2.47. The number of hydrogen-bond donors (Lipinski definition) is 2. The van der Waals surface area contributed by atoms with Gasteiger partial charge in [-0.05, 0) is 38.1 Å². The molecule has 1 aromatic heterocycles. The molecule has 2 N–H and O–H groups in total. The largest absolute Gasteiger partial charge is 0.451 e. The molecular weight excluding hydrogens is 392 g/mol. The number of amides is 2. The van der Waals surface area contributed by atoms with E-state index in [2.05, 4.69) is 44.9 Å². The molecule has 0 spiro atoms. The molecule has 0 bridgehead atoms. The van der Waals surface area contributed by atoms with Gasteiger partial charge in [0.25, 0.3) is 0 Å². The summed E-state index contributed by atoms with van der Waals surface area (Å²) in [7, 11) is 0. The first-order valence-corrected chi connectivity index (χ1v) is 10.7. The summed E-state index contributed by atoms with van der Waals surface area (Å²) in [5, 5.41) is 0.895. The van der Waals surface area contributed by atoms with Crippen molar-refractivity contribution in [2.24, 2.45) is 0 Å². The molecule has 1 aliphatic rings. The van der Waals surface area contributed by atoms with Crippen LogP contribution in [0.3, 0.4) is 0 Å². The fraction of sp³-hybridized carbons (Fsp3) is 0.333. The van der Waals surface area contributed by atoms with Crippen LogP contribution in [0.15, 0.2) is 59.0 Å². The van der Waals surface area contributed by atoms with Crippen molar-refractivity contribution in [3.8, 4) is 0 Å². The zero-order valence-corrected chi connectivity index (χ0v) is 17.8. The van der Waals surface area contributed by atoms with E-state index in [9.17, 15) is 9.59 Å². The second-order valence-corrected chi connectivity index (χ2v) is 7.82. The third-order valence-corrected chi connectivity index (χ3v) is 5.74. The first-order valence-electron chi connectivity index (χ1n) is 10.7. The number of aryl methyl sites for hydroxylation is 1. The van der Waals surface area contributed by atoms with Crippen molar-refractivity contribution in [1.82, 2.24) is 15.8 Å². The van der Waals surface area contributed by atoms with E-state index in [0.717, 1.165) is 50.1 Å². The topological polar surface area (TPSA) is 77.8 Å². The second-order valence-electron chi connectivity index (χ2n) is 7.82. The van der Waals surface area contributed by atoms with E-state index in [1.807, 2.05) is 37.3 Å². The van der Waals surface area contributed by atoms with Crippen molar-refractivity contribution in [2.75, 3.05) is 37.6 Å². The van der Waals surface area contributed by atoms with Crippen LogP contribution in [0.1, 0.15) is 29.0 Å². The molecule has 2 heterocycles. The highest BCUT2D eigenvalue weighted by Gasteiger charge is 2.19. The monoisotopic (exact) mass is 420 g/mol. The number of nitrogens with one attached hydrogen (secondary N) is 2. The summed E-state index contributed by atoms with van der Waals surface area (Å²) in [6.45, 7) is 6.65. The number of fused-ring (bicyclic) bond motifs is 1. The van der Waals surface area contributed by atoms with Crippen LogP contribution < -0.4 is 15.8 Å². The normalized spacial score (nSPS) is 14.5. The number of nitrogens with zero attached hydrogens (tertiary/aromatic N) is 2. The molecule has 1 saturated heterocycles. The van der Waals surface area contributed by atoms with Crippen molar-refractivity contribution >= 4 is 28.5 Å². The summed E-state index contributed by atoms with van der Waals surface area (Å²) in [5.74, 6) is -0.429. The third kappa shape index (κ3) is 5.06. The minimum atomic E-state index is -0.445. The Morgan fingerprint density at radius 2 is 1.65 bits per heavy atom. The predicted molar refractivity (Wildman–Crippen MR) is 121 cm³/mol. The zero-order chi connectivity index (χ0) is 21.6. The van der Waals surface area contributed by atoms with E-state index in [0.29, 0.717) is 12.0 Å². The van der Waals surface area contributed by atoms with Crippen LogP contribution in [0.5, 0.6) is 0 Å². The number of para-hydroxylation sites is 2. The summed E-state index contributed by atoms with van der Waals surface area (Å²) in [6, 6.07) is 17.9. The summed E-state index contributed by atoms with van der Waals surface area (Å²) in [6.07, 6.45) is 1.11. The van der Waals surface area contributed by atoms with Gasteiger partial charge in [0, 0.05) is 49.2 Å². The Hall–Kier alpha value is -3.32. The van der Waals surface area contributed by atoms with Gasteiger partial charge < -0.3 is 9.32 Å². The highest BCUT2D eigenvalue weighted by Crippen LogP contribution is 2.24. The molecule has 2 amide bonds. The number of piperazine rings is 1. The third-order valence-electron chi connectivity index (χ3n) is 5.74. The molecule has 2 aromatic carbocycles. The Morgan fingerprint density at radius 3 is 2.39 bits per heavy atom. The van der Waals surface area contributed by atoms with Gasteiger partial charge in [0.15, 0.2) is 5.76 Å². The average Bonchev–Trinajstić information content (AvgIpc) is 3.15.